The highest BCUT2D eigenvalue weighted by atomic mass is 32.2. The summed E-state index contributed by atoms with van der Waals surface area (Å²) in [6.07, 6.45) is 3.10. The van der Waals surface area contributed by atoms with Gasteiger partial charge in [0.05, 0.1) is 24.6 Å². The second kappa shape index (κ2) is 5.58. The van der Waals surface area contributed by atoms with Crippen LogP contribution in [0.4, 0.5) is 0 Å². The molecule has 6 nitrogen and oxygen atoms in total. The lowest BCUT2D eigenvalue weighted by molar-refractivity contribution is -0.123. The molecule has 104 valence electrons. The standard InChI is InChI=1S/C12H16N2O4S/c1-9(14-10-4-6-19(16,17)8-10)12(15)13-7-11-3-2-5-18-11/h2-6,9-10,14H,7-8H2,1H3,(H,13,15). The van der Waals surface area contributed by atoms with Gasteiger partial charge < -0.3 is 9.73 Å². The molecule has 2 atom stereocenters. The second-order valence-corrected chi connectivity index (χ2v) is 6.38. The maximum Gasteiger partial charge on any atom is 0.237 e. The van der Waals surface area contributed by atoms with Crippen LogP contribution in [-0.2, 0) is 21.2 Å². The van der Waals surface area contributed by atoms with Crippen LogP contribution < -0.4 is 10.6 Å². The van der Waals surface area contributed by atoms with Crippen LogP contribution in [0.2, 0.25) is 0 Å². The van der Waals surface area contributed by atoms with Crippen LogP contribution in [0.3, 0.4) is 0 Å². The van der Waals surface area contributed by atoms with E-state index in [2.05, 4.69) is 10.6 Å². The van der Waals surface area contributed by atoms with Crippen molar-refractivity contribution in [2.45, 2.75) is 25.6 Å². The summed E-state index contributed by atoms with van der Waals surface area (Å²) in [5.74, 6) is 0.473. The summed E-state index contributed by atoms with van der Waals surface area (Å²) in [5, 5.41) is 6.85. The van der Waals surface area contributed by atoms with Gasteiger partial charge in [0.1, 0.15) is 5.76 Å². The van der Waals surface area contributed by atoms with Gasteiger partial charge in [-0.1, -0.05) is 6.08 Å². The van der Waals surface area contributed by atoms with Crippen molar-refractivity contribution in [3.05, 3.63) is 35.6 Å². The van der Waals surface area contributed by atoms with E-state index in [1.807, 2.05) is 0 Å². The Hall–Kier alpha value is -1.60. The van der Waals surface area contributed by atoms with Gasteiger partial charge in [-0.25, -0.2) is 8.42 Å². The van der Waals surface area contributed by atoms with Crippen molar-refractivity contribution < 1.29 is 17.6 Å². The van der Waals surface area contributed by atoms with Crippen LogP contribution in [0.25, 0.3) is 0 Å². The van der Waals surface area contributed by atoms with Gasteiger partial charge in [-0.05, 0) is 19.1 Å². The maximum absolute atomic E-state index is 11.8. The Balaban J connectivity index is 1.78. The molecule has 7 heteroatoms. The Kier molecular flexibility index (Phi) is 4.06. The minimum Gasteiger partial charge on any atom is -0.467 e. The quantitative estimate of drug-likeness (QED) is 0.805. The molecule has 1 amide bonds. The maximum atomic E-state index is 11.8. The summed E-state index contributed by atoms with van der Waals surface area (Å²) in [6, 6.07) is 2.73. The van der Waals surface area contributed by atoms with E-state index in [9.17, 15) is 13.2 Å². The van der Waals surface area contributed by atoms with Gasteiger partial charge >= 0.3 is 0 Å². The zero-order chi connectivity index (χ0) is 13.9. The predicted molar refractivity (Wildman–Crippen MR) is 69.9 cm³/mol. The van der Waals surface area contributed by atoms with E-state index >= 15 is 0 Å². The first kappa shape index (κ1) is 13.8. The molecule has 0 aromatic carbocycles. The molecule has 0 aliphatic carbocycles. The van der Waals surface area contributed by atoms with Gasteiger partial charge in [0.2, 0.25) is 5.91 Å². The number of hydrogen-bond acceptors (Lipinski definition) is 5. The first-order chi connectivity index (χ1) is 8.96. The van der Waals surface area contributed by atoms with Crippen molar-refractivity contribution in [2.75, 3.05) is 5.75 Å². The van der Waals surface area contributed by atoms with Gasteiger partial charge in [-0.15, -0.1) is 0 Å². The van der Waals surface area contributed by atoms with Crippen molar-refractivity contribution in [3.8, 4) is 0 Å². The van der Waals surface area contributed by atoms with Gasteiger partial charge in [0, 0.05) is 11.4 Å². The molecule has 0 fully saturated rings. The highest BCUT2D eigenvalue weighted by Crippen LogP contribution is 2.08. The van der Waals surface area contributed by atoms with E-state index in [0.29, 0.717) is 12.3 Å². The lowest BCUT2D eigenvalue weighted by Gasteiger charge is -2.17. The molecule has 0 saturated carbocycles. The number of carbonyl (C=O) groups is 1. The molecule has 0 bridgehead atoms. The minimum absolute atomic E-state index is 0.00278. The number of furan rings is 1. The van der Waals surface area contributed by atoms with Crippen LogP contribution >= 0.6 is 0 Å². The third-order valence-corrected chi connectivity index (χ3v) is 4.20. The van der Waals surface area contributed by atoms with Crippen molar-refractivity contribution in [1.82, 2.24) is 10.6 Å². The van der Waals surface area contributed by atoms with E-state index in [-0.39, 0.29) is 17.7 Å². The monoisotopic (exact) mass is 284 g/mol. The fourth-order valence-corrected chi connectivity index (χ4v) is 3.06. The normalized spacial score (nSPS) is 22.3. The Morgan fingerprint density at radius 1 is 1.58 bits per heavy atom. The zero-order valence-electron chi connectivity index (χ0n) is 10.5. The molecule has 0 spiro atoms. The average Bonchev–Trinajstić information content (AvgIpc) is 2.95. The summed E-state index contributed by atoms with van der Waals surface area (Å²) in [7, 11) is -3.10. The molecule has 0 saturated heterocycles. The molecule has 19 heavy (non-hydrogen) atoms. The first-order valence-electron chi connectivity index (χ1n) is 5.93. The molecule has 2 unspecified atom stereocenters. The number of nitrogens with one attached hydrogen (secondary N) is 2. The topological polar surface area (TPSA) is 88.4 Å². The predicted octanol–water partition coefficient (Wildman–Crippen LogP) is 0.185. The van der Waals surface area contributed by atoms with Gasteiger partial charge in [-0.3, -0.25) is 10.1 Å². The van der Waals surface area contributed by atoms with Crippen molar-refractivity contribution in [2.24, 2.45) is 0 Å². The SMILES string of the molecule is CC(NC1C=CS(=O)(=O)C1)C(=O)NCc1ccco1. The summed E-state index contributed by atoms with van der Waals surface area (Å²) >= 11 is 0. The van der Waals surface area contributed by atoms with Crippen LogP contribution in [0.1, 0.15) is 12.7 Å². The molecule has 1 aliphatic rings. The second-order valence-electron chi connectivity index (χ2n) is 4.45. The lowest BCUT2D eigenvalue weighted by atomic mass is 10.2. The molecule has 0 radical (unpaired) electrons. The van der Waals surface area contributed by atoms with Crippen molar-refractivity contribution in [3.63, 3.8) is 0 Å². The summed E-state index contributed by atoms with van der Waals surface area (Å²) < 4.78 is 27.6. The number of carbonyl (C=O) groups excluding carboxylic acids is 1. The van der Waals surface area contributed by atoms with Gasteiger partial charge in [0.25, 0.3) is 0 Å². The fraction of sp³-hybridized carbons (Fsp3) is 0.417. The molecular formula is C12H16N2O4S. The molecule has 2 heterocycles. The van der Waals surface area contributed by atoms with Crippen LogP contribution in [0, 0.1) is 0 Å². The number of sulfone groups is 1. The molecule has 1 aromatic heterocycles. The molecule has 1 aliphatic heterocycles. The smallest absolute Gasteiger partial charge is 0.237 e. The van der Waals surface area contributed by atoms with Gasteiger partial charge in [-0.2, -0.15) is 0 Å². The third kappa shape index (κ3) is 3.93. The Morgan fingerprint density at radius 3 is 2.95 bits per heavy atom. The zero-order valence-corrected chi connectivity index (χ0v) is 11.3. The molecule has 2 rings (SSSR count). The largest absolute Gasteiger partial charge is 0.467 e. The molecule has 2 N–H and O–H groups in total. The highest BCUT2D eigenvalue weighted by Gasteiger charge is 2.24. The Morgan fingerprint density at radius 2 is 2.37 bits per heavy atom. The van der Waals surface area contributed by atoms with E-state index in [4.69, 9.17) is 4.42 Å². The number of rotatable bonds is 5. The Bertz CT molecular complexity index is 563. The van der Waals surface area contributed by atoms with Crippen LogP contribution in [-0.4, -0.2) is 32.2 Å². The van der Waals surface area contributed by atoms with E-state index in [0.717, 1.165) is 0 Å². The van der Waals surface area contributed by atoms with E-state index in [1.165, 1.54) is 11.7 Å². The fourth-order valence-electron chi connectivity index (χ4n) is 1.82. The highest BCUT2D eigenvalue weighted by molar-refractivity contribution is 7.94. The summed E-state index contributed by atoms with van der Waals surface area (Å²) in [4.78, 5) is 11.8. The summed E-state index contributed by atoms with van der Waals surface area (Å²) in [5.41, 5.74) is 0. The number of amides is 1. The van der Waals surface area contributed by atoms with Crippen LogP contribution in [0.15, 0.2) is 34.3 Å². The first-order valence-corrected chi connectivity index (χ1v) is 7.65. The summed E-state index contributed by atoms with van der Waals surface area (Å²) in [6.45, 7) is 2.01. The number of hydrogen-bond donors (Lipinski definition) is 2. The van der Waals surface area contributed by atoms with E-state index in [1.54, 1.807) is 25.1 Å². The van der Waals surface area contributed by atoms with E-state index < -0.39 is 15.9 Å². The Labute approximate surface area is 111 Å². The molecule has 1 aromatic rings. The molecular weight excluding hydrogens is 268 g/mol. The average molecular weight is 284 g/mol. The van der Waals surface area contributed by atoms with Crippen molar-refractivity contribution in [1.29, 1.82) is 0 Å². The lowest BCUT2D eigenvalue weighted by Crippen LogP contribution is -2.46. The van der Waals surface area contributed by atoms with Crippen molar-refractivity contribution >= 4 is 15.7 Å². The van der Waals surface area contributed by atoms with Crippen LogP contribution in [0.5, 0.6) is 0 Å². The third-order valence-electron chi connectivity index (χ3n) is 2.80. The minimum atomic E-state index is -3.10. The van der Waals surface area contributed by atoms with Gasteiger partial charge in [0.15, 0.2) is 9.84 Å².